The van der Waals surface area contributed by atoms with Gasteiger partial charge in [0.15, 0.2) is 0 Å². The summed E-state index contributed by atoms with van der Waals surface area (Å²) in [6.45, 7) is 2.29. The molecule has 0 saturated heterocycles. The van der Waals surface area contributed by atoms with Crippen LogP contribution in [-0.4, -0.2) is 16.5 Å². The highest BCUT2D eigenvalue weighted by atomic mass is 15.1. The quantitative estimate of drug-likeness (QED) is 0.413. The molecule has 0 atom stereocenters. The number of hydrogen-bond donors (Lipinski definition) is 1. The van der Waals surface area contributed by atoms with E-state index in [1.165, 1.54) is 0 Å². The monoisotopic (exact) mass is 163 g/mol. The van der Waals surface area contributed by atoms with Crippen molar-refractivity contribution >= 4 is 6.08 Å². The standard InChI is InChI=1S/C7H9N5/c1-6-7(10-5-9-6)3-2-4-11-12-8/h2-3,5H,4H2,1H3,(H,9,10). The van der Waals surface area contributed by atoms with Gasteiger partial charge < -0.3 is 4.98 Å². The van der Waals surface area contributed by atoms with Crippen molar-refractivity contribution in [1.29, 1.82) is 0 Å². The van der Waals surface area contributed by atoms with Crippen LogP contribution in [0.3, 0.4) is 0 Å². The lowest BCUT2D eigenvalue weighted by molar-refractivity contribution is 1.21. The van der Waals surface area contributed by atoms with E-state index in [9.17, 15) is 0 Å². The number of imidazole rings is 1. The average molecular weight is 163 g/mol. The summed E-state index contributed by atoms with van der Waals surface area (Å²) in [5.74, 6) is 0. The fourth-order valence-electron chi connectivity index (χ4n) is 0.785. The molecule has 1 aromatic heterocycles. The van der Waals surface area contributed by atoms with Crippen LogP contribution in [0.4, 0.5) is 0 Å². The smallest absolute Gasteiger partial charge is 0.0929 e. The molecular formula is C7H9N5. The Balaban J connectivity index is 2.57. The molecule has 5 heteroatoms. The third-order valence-corrected chi connectivity index (χ3v) is 1.39. The van der Waals surface area contributed by atoms with E-state index < -0.39 is 0 Å². The number of aromatic nitrogens is 2. The second-order valence-corrected chi connectivity index (χ2v) is 2.23. The molecule has 0 fully saturated rings. The van der Waals surface area contributed by atoms with Gasteiger partial charge in [0.2, 0.25) is 0 Å². The van der Waals surface area contributed by atoms with E-state index >= 15 is 0 Å². The van der Waals surface area contributed by atoms with Crippen LogP contribution >= 0.6 is 0 Å². The normalized spacial score (nSPS) is 10.1. The van der Waals surface area contributed by atoms with Gasteiger partial charge in [-0.15, -0.1) is 0 Å². The predicted molar refractivity (Wildman–Crippen MR) is 46.4 cm³/mol. The predicted octanol–water partition coefficient (Wildman–Crippen LogP) is 2.04. The SMILES string of the molecule is Cc1[nH]cnc1C=CCN=[N+]=[N-]. The molecule has 0 aliphatic heterocycles. The number of H-pyrrole nitrogens is 1. The molecule has 1 aromatic rings. The van der Waals surface area contributed by atoms with E-state index in [0.29, 0.717) is 6.54 Å². The van der Waals surface area contributed by atoms with E-state index in [1.807, 2.05) is 13.0 Å². The van der Waals surface area contributed by atoms with Crippen LogP contribution in [-0.2, 0) is 0 Å². The van der Waals surface area contributed by atoms with Crippen LogP contribution in [0.1, 0.15) is 11.4 Å². The van der Waals surface area contributed by atoms with Gasteiger partial charge in [-0.3, -0.25) is 0 Å². The topological polar surface area (TPSA) is 77.4 Å². The fraction of sp³-hybridized carbons (Fsp3) is 0.286. The van der Waals surface area contributed by atoms with E-state index in [0.717, 1.165) is 11.4 Å². The maximum absolute atomic E-state index is 7.98. The molecule has 1 rings (SSSR count). The minimum absolute atomic E-state index is 0.364. The van der Waals surface area contributed by atoms with Crippen molar-refractivity contribution in [2.45, 2.75) is 6.92 Å². The van der Waals surface area contributed by atoms with Crippen molar-refractivity contribution in [3.05, 3.63) is 34.2 Å². The van der Waals surface area contributed by atoms with E-state index in [-0.39, 0.29) is 0 Å². The number of azide groups is 1. The van der Waals surface area contributed by atoms with Crippen LogP contribution < -0.4 is 0 Å². The lowest BCUT2D eigenvalue weighted by atomic mass is 10.3. The summed E-state index contributed by atoms with van der Waals surface area (Å²) < 4.78 is 0. The largest absolute Gasteiger partial charge is 0.348 e. The number of aryl methyl sites for hydroxylation is 1. The van der Waals surface area contributed by atoms with Crippen LogP contribution in [0, 0.1) is 6.92 Å². The second-order valence-electron chi connectivity index (χ2n) is 2.23. The molecule has 0 aliphatic rings. The Morgan fingerprint density at radius 1 is 1.83 bits per heavy atom. The average Bonchev–Trinajstić information content (AvgIpc) is 2.46. The van der Waals surface area contributed by atoms with Crippen molar-refractivity contribution in [3.8, 4) is 0 Å². The first-order chi connectivity index (χ1) is 5.84. The number of aromatic amines is 1. The summed E-state index contributed by atoms with van der Waals surface area (Å²) >= 11 is 0. The van der Waals surface area contributed by atoms with Gasteiger partial charge in [0.25, 0.3) is 0 Å². The van der Waals surface area contributed by atoms with Gasteiger partial charge >= 0.3 is 0 Å². The molecule has 12 heavy (non-hydrogen) atoms. The molecule has 0 bridgehead atoms. The van der Waals surface area contributed by atoms with E-state index in [1.54, 1.807) is 12.4 Å². The highest BCUT2D eigenvalue weighted by Gasteiger charge is 1.92. The lowest BCUT2D eigenvalue weighted by Crippen LogP contribution is -1.76. The summed E-state index contributed by atoms with van der Waals surface area (Å²) in [6.07, 6.45) is 5.21. The summed E-state index contributed by atoms with van der Waals surface area (Å²) in [5.41, 5.74) is 9.87. The molecule has 0 saturated carbocycles. The first-order valence-corrected chi connectivity index (χ1v) is 3.52. The number of nitrogens with one attached hydrogen (secondary N) is 1. The molecule has 5 nitrogen and oxygen atoms in total. The van der Waals surface area contributed by atoms with Crippen molar-refractivity contribution in [2.24, 2.45) is 5.11 Å². The first kappa shape index (κ1) is 8.36. The Labute approximate surface area is 69.8 Å². The summed E-state index contributed by atoms with van der Waals surface area (Å²) in [7, 11) is 0. The third-order valence-electron chi connectivity index (χ3n) is 1.39. The van der Waals surface area contributed by atoms with Gasteiger partial charge in [-0.25, -0.2) is 4.98 Å². The molecule has 0 aliphatic carbocycles. The van der Waals surface area contributed by atoms with Crippen molar-refractivity contribution in [1.82, 2.24) is 9.97 Å². The molecule has 0 radical (unpaired) electrons. The van der Waals surface area contributed by atoms with Crippen LogP contribution in [0.15, 0.2) is 17.5 Å². The molecule has 1 heterocycles. The van der Waals surface area contributed by atoms with E-state index in [4.69, 9.17) is 5.53 Å². The fourth-order valence-corrected chi connectivity index (χ4v) is 0.785. The van der Waals surface area contributed by atoms with Crippen molar-refractivity contribution in [3.63, 3.8) is 0 Å². The van der Waals surface area contributed by atoms with Crippen LogP contribution in [0.2, 0.25) is 0 Å². The minimum Gasteiger partial charge on any atom is -0.348 e. The first-order valence-electron chi connectivity index (χ1n) is 3.52. The second kappa shape index (κ2) is 4.20. The Kier molecular flexibility index (Phi) is 2.93. The zero-order chi connectivity index (χ0) is 8.81. The highest BCUT2D eigenvalue weighted by Crippen LogP contribution is 2.01. The Morgan fingerprint density at radius 2 is 2.67 bits per heavy atom. The van der Waals surface area contributed by atoms with Gasteiger partial charge in [-0.05, 0) is 18.5 Å². The molecule has 62 valence electrons. The minimum atomic E-state index is 0.364. The van der Waals surface area contributed by atoms with Gasteiger partial charge in [0.05, 0.1) is 12.0 Å². The van der Waals surface area contributed by atoms with Crippen LogP contribution in [0.25, 0.3) is 16.5 Å². The van der Waals surface area contributed by atoms with Crippen molar-refractivity contribution in [2.75, 3.05) is 6.54 Å². The molecule has 0 aromatic carbocycles. The number of nitrogens with zero attached hydrogens (tertiary/aromatic N) is 4. The van der Waals surface area contributed by atoms with Crippen molar-refractivity contribution < 1.29 is 0 Å². The maximum Gasteiger partial charge on any atom is 0.0929 e. The molecule has 1 N–H and O–H groups in total. The Hall–Kier alpha value is -1.74. The van der Waals surface area contributed by atoms with E-state index in [2.05, 4.69) is 20.0 Å². The Bertz CT molecular complexity index is 318. The zero-order valence-corrected chi connectivity index (χ0v) is 6.73. The third kappa shape index (κ3) is 2.14. The number of hydrogen-bond acceptors (Lipinski definition) is 2. The zero-order valence-electron chi connectivity index (χ0n) is 6.73. The number of rotatable bonds is 3. The van der Waals surface area contributed by atoms with Gasteiger partial charge in [-0.2, -0.15) is 0 Å². The highest BCUT2D eigenvalue weighted by molar-refractivity contribution is 5.46. The van der Waals surface area contributed by atoms with Crippen LogP contribution in [0.5, 0.6) is 0 Å². The molecular weight excluding hydrogens is 154 g/mol. The molecule has 0 amide bonds. The molecule has 0 unspecified atom stereocenters. The van der Waals surface area contributed by atoms with Gasteiger partial charge in [0, 0.05) is 17.2 Å². The summed E-state index contributed by atoms with van der Waals surface area (Å²) in [5, 5.41) is 3.36. The lowest BCUT2D eigenvalue weighted by Gasteiger charge is -1.85. The summed E-state index contributed by atoms with van der Waals surface area (Å²) in [4.78, 5) is 9.60. The Morgan fingerprint density at radius 3 is 3.25 bits per heavy atom. The maximum atomic E-state index is 7.98. The van der Waals surface area contributed by atoms with Gasteiger partial charge in [-0.1, -0.05) is 11.2 Å². The molecule has 0 spiro atoms. The van der Waals surface area contributed by atoms with Gasteiger partial charge in [0.1, 0.15) is 0 Å². The summed E-state index contributed by atoms with van der Waals surface area (Å²) in [6, 6.07) is 0.